The molecule has 1 aliphatic heterocycles. The molecule has 0 aromatic carbocycles. The highest BCUT2D eigenvalue weighted by atomic mass is 19.3. The first-order valence-corrected chi connectivity index (χ1v) is 5.46. The van der Waals surface area contributed by atoms with Crippen LogP contribution in [0.2, 0.25) is 0 Å². The molecule has 2 aliphatic rings. The van der Waals surface area contributed by atoms with E-state index in [1.165, 1.54) is 4.90 Å². The SMILES string of the molecule is O=C(CNC1CC1)N1CCCC(F)(F)C1. The molecule has 5 heteroatoms. The topological polar surface area (TPSA) is 32.3 Å². The number of piperidine rings is 1. The van der Waals surface area contributed by atoms with Crippen molar-refractivity contribution in [2.75, 3.05) is 19.6 Å². The summed E-state index contributed by atoms with van der Waals surface area (Å²) in [5.74, 6) is -2.88. The van der Waals surface area contributed by atoms with Crippen LogP contribution in [0.1, 0.15) is 25.7 Å². The van der Waals surface area contributed by atoms with E-state index in [0.29, 0.717) is 19.0 Å². The number of hydrogen-bond acceptors (Lipinski definition) is 2. The molecule has 1 saturated heterocycles. The van der Waals surface area contributed by atoms with Gasteiger partial charge >= 0.3 is 0 Å². The molecule has 0 bridgehead atoms. The molecule has 86 valence electrons. The number of nitrogens with zero attached hydrogens (tertiary/aromatic N) is 1. The molecular formula is C10H16F2N2O. The van der Waals surface area contributed by atoms with Crippen LogP contribution < -0.4 is 5.32 Å². The lowest BCUT2D eigenvalue weighted by Crippen LogP contribution is -2.48. The fourth-order valence-corrected chi connectivity index (χ4v) is 1.81. The predicted octanol–water partition coefficient (Wildman–Crippen LogP) is 0.996. The van der Waals surface area contributed by atoms with Crippen LogP contribution in [0.25, 0.3) is 0 Å². The van der Waals surface area contributed by atoms with E-state index in [1.54, 1.807) is 0 Å². The molecule has 0 aromatic rings. The van der Waals surface area contributed by atoms with Gasteiger partial charge in [0.2, 0.25) is 5.91 Å². The number of nitrogens with one attached hydrogen (secondary N) is 1. The fourth-order valence-electron chi connectivity index (χ4n) is 1.81. The molecule has 1 aliphatic carbocycles. The van der Waals surface area contributed by atoms with Crippen LogP contribution in [-0.4, -0.2) is 42.4 Å². The fraction of sp³-hybridized carbons (Fsp3) is 0.900. The van der Waals surface area contributed by atoms with Gasteiger partial charge in [0.1, 0.15) is 0 Å². The first-order valence-electron chi connectivity index (χ1n) is 5.46. The summed E-state index contributed by atoms with van der Waals surface area (Å²) >= 11 is 0. The average Bonchev–Trinajstić information content (AvgIpc) is 2.96. The van der Waals surface area contributed by atoms with E-state index in [1.807, 2.05) is 0 Å². The maximum absolute atomic E-state index is 13.0. The van der Waals surface area contributed by atoms with Crippen molar-refractivity contribution in [1.82, 2.24) is 10.2 Å². The molecular weight excluding hydrogens is 202 g/mol. The lowest BCUT2D eigenvalue weighted by molar-refractivity contribution is -0.140. The molecule has 1 amide bonds. The van der Waals surface area contributed by atoms with E-state index >= 15 is 0 Å². The predicted molar refractivity (Wildman–Crippen MR) is 51.8 cm³/mol. The lowest BCUT2D eigenvalue weighted by Gasteiger charge is -2.32. The van der Waals surface area contributed by atoms with Crippen molar-refractivity contribution in [2.45, 2.75) is 37.6 Å². The van der Waals surface area contributed by atoms with Crippen LogP contribution in [0.4, 0.5) is 8.78 Å². The van der Waals surface area contributed by atoms with Gasteiger partial charge in [0, 0.05) is 19.0 Å². The summed E-state index contributed by atoms with van der Waals surface area (Å²) in [5.41, 5.74) is 0. The van der Waals surface area contributed by atoms with Gasteiger partial charge < -0.3 is 10.2 Å². The molecule has 1 N–H and O–H groups in total. The number of halogens is 2. The molecule has 0 unspecified atom stereocenters. The molecule has 1 saturated carbocycles. The van der Waals surface area contributed by atoms with Crippen molar-refractivity contribution in [1.29, 1.82) is 0 Å². The zero-order valence-electron chi connectivity index (χ0n) is 8.64. The monoisotopic (exact) mass is 218 g/mol. The van der Waals surface area contributed by atoms with Crippen molar-refractivity contribution in [3.63, 3.8) is 0 Å². The van der Waals surface area contributed by atoms with Gasteiger partial charge in [0.15, 0.2) is 0 Å². The summed E-state index contributed by atoms with van der Waals surface area (Å²) in [5, 5.41) is 3.04. The van der Waals surface area contributed by atoms with Crippen molar-refractivity contribution < 1.29 is 13.6 Å². The van der Waals surface area contributed by atoms with E-state index in [-0.39, 0.29) is 18.9 Å². The number of carbonyl (C=O) groups is 1. The molecule has 0 radical (unpaired) electrons. The number of alkyl halides is 2. The summed E-state index contributed by atoms with van der Waals surface area (Å²) in [6.45, 7) is 0.277. The Bertz CT molecular complexity index is 254. The van der Waals surface area contributed by atoms with Crippen molar-refractivity contribution in [2.24, 2.45) is 0 Å². The van der Waals surface area contributed by atoms with Gasteiger partial charge in [0.25, 0.3) is 5.92 Å². The third-order valence-corrected chi connectivity index (χ3v) is 2.86. The van der Waals surface area contributed by atoms with E-state index < -0.39 is 12.5 Å². The van der Waals surface area contributed by atoms with Crippen LogP contribution in [-0.2, 0) is 4.79 Å². The van der Waals surface area contributed by atoms with Crippen LogP contribution in [0, 0.1) is 0 Å². The Morgan fingerprint density at radius 2 is 2.20 bits per heavy atom. The molecule has 1 heterocycles. The van der Waals surface area contributed by atoms with Crippen LogP contribution >= 0.6 is 0 Å². The minimum atomic E-state index is -2.69. The largest absolute Gasteiger partial charge is 0.336 e. The summed E-state index contributed by atoms with van der Waals surface area (Å²) in [6.07, 6.45) is 2.52. The smallest absolute Gasteiger partial charge is 0.265 e. The quantitative estimate of drug-likeness (QED) is 0.766. The number of hydrogen-bond donors (Lipinski definition) is 1. The number of carbonyl (C=O) groups excluding carboxylic acids is 1. The molecule has 2 fully saturated rings. The highest BCUT2D eigenvalue weighted by Crippen LogP contribution is 2.26. The first-order chi connectivity index (χ1) is 7.07. The molecule has 15 heavy (non-hydrogen) atoms. The molecule has 0 atom stereocenters. The van der Waals surface area contributed by atoms with Gasteiger partial charge in [-0.15, -0.1) is 0 Å². The van der Waals surface area contributed by atoms with Crippen molar-refractivity contribution in [3.05, 3.63) is 0 Å². The minimum absolute atomic E-state index is 0.0904. The maximum atomic E-state index is 13.0. The molecule has 0 spiro atoms. The molecule has 2 rings (SSSR count). The summed E-state index contributed by atoms with van der Waals surface area (Å²) < 4.78 is 26.0. The van der Waals surface area contributed by atoms with Gasteiger partial charge in [-0.2, -0.15) is 0 Å². The highest BCUT2D eigenvalue weighted by Gasteiger charge is 2.37. The number of rotatable bonds is 3. The maximum Gasteiger partial charge on any atom is 0.265 e. The second kappa shape index (κ2) is 4.04. The molecule has 3 nitrogen and oxygen atoms in total. The van der Waals surface area contributed by atoms with Gasteiger partial charge in [-0.05, 0) is 19.3 Å². The van der Waals surface area contributed by atoms with Crippen molar-refractivity contribution in [3.8, 4) is 0 Å². The van der Waals surface area contributed by atoms with Crippen LogP contribution in [0.5, 0.6) is 0 Å². The normalized spacial score (nSPS) is 25.3. The summed E-state index contributed by atoms with van der Waals surface area (Å²) in [6, 6.07) is 0.444. The lowest BCUT2D eigenvalue weighted by atomic mass is 10.1. The van der Waals surface area contributed by atoms with Crippen LogP contribution in [0.15, 0.2) is 0 Å². The Kier molecular flexibility index (Phi) is 2.91. The van der Waals surface area contributed by atoms with E-state index in [4.69, 9.17) is 0 Å². The Balaban J connectivity index is 1.78. The molecule has 0 aromatic heterocycles. The Labute approximate surface area is 87.8 Å². The standard InChI is InChI=1S/C10H16F2N2O/c11-10(12)4-1-5-14(7-10)9(15)6-13-8-2-3-8/h8,13H,1-7H2. The minimum Gasteiger partial charge on any atom is -0.336 e. The van der Waals surface area contributed by atoms with Gasteiger partial charge in [0.05, 0.1) is 13.1 Å². The highest BCUT2D eigenvalue weighted by molar-refractivity contribution is 5.78. The second-order valence-electron chi connectivity index (χ2n) is 4.43. The number of likely N-dealkylation sites (tertiary alicyclic amines) is 1. The third-order valence-electron chi connectivity index (χ3n) is 2.86. The van der Waals surface area contributed by atoms with Gasteiger partial charge in [-0.1, -0.05) is 0 Å². The van der Waals surface area contributed by atoms with E-state index in [9.17, 15) is 13.6 Å². The zero-order valence-corrected chi connectivity index (χ0v) is 8.64. The van der Waals surface area contributed by atoms with E-state index in [2.05, 4.69) is 5.32 Å². The van der Waals surface area contributed by atoms with E-state index in [0.717, 1.165) is 12.8 Å². The Hall–Kier alpha value is -0.710. The van der Waals surface area contributed by atoms with Gasteiger partial charge in [-0.3, -0.25) is 4.79 Å². The summed E-state index contributed by atoms with van der Waals surface area (Å²) in [4.78, 5) is 12.8. The summed E-state index contributed by atoms with van der Waals surface area (Å²) in [7, 11) is 0. The first kappa shape index (κ1) is 10.8. The zero-order chi connectivity index (χ0) is 10.9. The Morgan fingerprint density at radius 1 is 1.47 bits per heavy atom. The third kappa shape index (κ3) is 3.12. The van der Waals surface area contributed by atoms with Gasteiger partial charge in [-0.25, -0.2) is 8.78 Å². The Morgan fingerprint density at radius 3 is 2.80 bits per heavy atom. The van der Waals surface area contributed by atoms with Crippen molar-refractivity contribution >= 4 is 5.91 Å². The van der Waals surface area contributed by atoms with Crippen LogP contribution in [0.3, 0.4) is 0 Å². The average molecular weight is 218 g/mol. The second-order valence-corrected chi connectivity index (χ2v) is 4.43. The number of amides is 1.